The first-order valence-electron chi connectivity index (χ1n) is 27.4. The highest BCUT2D eigenvalue weighted by atomic mass is 32.2. The maximum atomic E-state index is 14.8. The summed E-state index contributed by atoms with van der Waals surface area (Å²) in [6.45, 7) is 12.7. The lowest BCUT2D eigenvalue weighted by Gasteiger charge is -2.58. The number of fused-ring (bicyclic) bond motifs is 1. The second-order valence-electron chi connectivity index (χ2n) is 23.0. The normalized spacial score (nSPS) is 22.7. The van der Waals surface area contributed by atoms with Gasteiger partial charge in [0, 0.05) is 106 Å². The molecule has 2 atom stereocenters. The van der Waals surface area contributed by atoms with Crippen LogP contribution in [-0.2, 0) is 6.54 Å². The molecule has 5 N–H and O–H groups in total. The number of amides is 1. The first-order chi connectivity index (χ1) is 36.7. The summed E-state index contributed by atoms with van der Waals surface area (Å²) >= 11 is 1.07. The molecule has 2 unspecified atom stereocenters. The van der Waals surface area contributed by atoms with Gasteiger partial charge in [0.15, 0.2) is 11.5 Å². The van der Waals surface area contributed by atoms with E-state index in [1.165, 1.54) is 61.8 Å². The molecule has 2 aliphatic heterocycles. The number of H-pyrrole nitrogens is 1. The smallest absolute Gasteiger partial charge is 0.265 e. The van der Waals surface area contributed by atoms with E-state index in [0.717, 1.165) is 107 Å². The number of anilines is 2. The number of carbonyl (C=O) groups is 1. The van der Waals surface area contributed by atoms with Gasteiger partial charge < -0.3 is 40.1 Å². The van der Waals surface area contributed by atoms with Gasteiger partial charge in [-0.2, -0.15) is 0 Å². The number of quaternary nitrogens is 1. The van der Waals surface area contributed by atoms with E-state index in [2.05, 4.69) is 90.1 Å². The zero-order valence-corrected chi connectivity index (χ0v) is 45.4. The lowest BCUT2D eigenvalue weighted by molar-refractivity contribution is -0.751. The molecule has 3 aliphatic carbocycles. The molecule has 5 fully saturated rings. The van der Waals surface area contributed by atoms with Crippen LogP contribution in [0.4, 0.5) is 21.6 Å². The molecule has 1 amide bonds. The molecule has 5 aliphatic rings. The van der Waals surface area contributed by atoms with E-state index in [4.69, 9.17) is 14.5 Å². The van der Waals surface area contributed by atoms with E-state index >= 15 is 0 Å². The van der Waals surface area contributed by atoms with Crippen molar-refractivity contribution < 1.29 is 28.8 Å². The highest BCUT2D eigenvalue weighted by Crippen LogP contribution is 2.54. The number of hydrogen-bond acceptors (Lipinski definition) is 13. The number of piperidine rings is 1. The number of aliphatic hydroxyl groups is 1. The summed E-state index contributed by atoms with van der Waals surface area (Å²) in [5, 5.41) is 26.7. The third-order valence-electron chi connectivity index (χ3n) is 17.2. The van der Waals surface area contributed by atoms with Crippen molar-refractivity contribution in [3.05, 3.63) is 124 Å². The lowest BCUT2D eigenvalue weighted by atomic mass is 9.59. The maximum Gasteiger partial charge on any atom is 0.265 e. The summed E-state index contributed by atoms with van der Waals surface area (Å²) < 4.78 is 30.0. The van der Waals surface area contributed by atoms with Crippen LogP contribution in [0.3, 0.4) is 0 Å². The van der Waals surface area contributed by atoms with E-state index in [9.17, 15) is 19.5 Å². The Bertz CT molecular complexity index is 3030. The first kappa shape index (κ1) is 52.2. The van der Waals surface area contributed by atoms with Gasteiger partial charge in [-0.25, -0.2) is 14.4 Å². The van der Waals surface area contributed by atoms with Crippen LogP contribution < -0.4 is 29.5 Å². The SMILES string of the molecule is COc1cc(CN2CCN(C3CC4(CCN(c5ccc(C(=O)NSc6cnc(NC[C@H]7CC[C@](C)(O)CC7)c([NH+](C)[O-])c6)c(Oc6cnc7[nH]cc(F)c7c6)c5)CC4)C3)C(c3ccccc3C(C)C)C2)ncc1C1CC1. The number of nitrogens with zero attached hydrogens (tertiary/aromatic N) is 6. The minimum Gasteiger partial charge on any atom is -0.629 e. The summed E-state index contributed by atoms with van der Waals surface area (Å²) in [7, 11) is 3.28. The topological polar surface area (TPSA) is 172 Å². The fraction of sp³-hybridized carbons (Fsp3) is 0.492. The number of benzene rings is 2. The van der Waals surface area contributed by atoms with Crippen LogP contribution in [0.2, 0.25) is 0 Å². The van der Waals surface area contributed by atoms with Crippen molar-refractivity contribution in [1.29, 1.82) is 0 Å². The number of ether oxygens (including phenoxy) is 2. The molecule has 4 aromatic heterocycles. The Morgan fingerprint density at radius 1 is 0.947 bits per heavy atom. The summed E-state index contributed by atoms with van der Waals surface area (Å²) in [6, 6.07) is 21.0. The fourth-order valence-corrected chi connectivity index (χ4v) is 13.1. The highest BCUT2D eigenvalue weighted by molar-refractivity contribution is 7.98. The minimum atomic E-state index is -0.619. The van der Waals surface area contributed by atoms with Crippen LogP contribution in [0.1, 0.15) is 136 Å². The van der Waals surface area contributed by atoms with Crippen molar-refractivity contribution in [3.63, 3.8) is 0 Å². The van der Waals surface area contributed by atoms with Crippen molar-refractivity contribution in [2.45, 2.75) is 126 Å². The number of hydroxylamine groups is 1. The lowest BCUT2D eigenvalue weighted by Crippen LogP contribution is -2.98. The van der Waals surface area contributed by atoms with E-state index < -0.39 is 17.3 Å². The molecule has 402 valence electrons. The van der Waals surface area contributed by atoms with Gasteiger partial charge in [0.1, 0.15) is 28.7 Å². The summed E-state index contributed by atoms with van der Waals surface area (Å²) in [5.74, 6) is 2.64. The Morgan fingerprint density at radius 2 is 1.74 bits per heavy atom. The van der Waals surface area contributed by atoms with Crippen molar-refractivity contribution in [2.24, 2.45) is 11.3 Å². The van der Waals surface area contributed by atoms with Crippen molar-refractivity contribution in [2.75, 3.05) is 63.6 Å². The standard InChI is InChI=1S/C59H73FN10O5S/c1-37(2)45-8-6-7-9-46(45)52-36-68(35-40-24-53(74-5)49(33-61-40)39-10-11-39)22-23-70(52)42-28-59(29-42)18-20-69(21-19-59)41-12-13-47(54(25-41)75-43-26-48-50(60)34-65-55(48)63-31-43)57(71)66-76-44-27-51(67(4)73)56(64-32-44)62-30-38-14-16-58(3,72)17-15-38/h6-9,12-13,24-27,31-34,37-39,42,52,67,72H,10-11,14-23,28-30,35-36H2,1-5H3,(H,62,64)(H,63,65)(H,66,71)/t38-,52?,58-. The summed E-state index contributed by atoms with van der Waals surface area (Å²) in [4.78, 5) is 39.3. The third kappa shape index (κ3) is 11.4. The van der Waals surface area contributed by atoms with Crippen molar-refractivity contribution in [1.82, 2.24) is 34.5 Å². The van der Waals surface area contributed by atoms with Gasteiger partial charge in [-0.05, 0) is 136 Å². The summed E-state index contributed by atoms with van der Waals surface area (Å²) in [5.41, 5.74) is 6.91. The van der Waals surface area contributed by atoms with Crippen LogP contribution >= 0.6 is 11.9 Å². The molecule has 0 bridgehead atoms. The predicted molar refractivity (Wildman–Crippen MR) is 296 cm³/mol. The number of hydrogen-bond donors (Lipinski definition) is 5. The van der Waals surface area contributed by atoms with Crippen LogP contribution in [-0.4, -0.2) is 106 Å². The molecule has 1 spiro atoms. The second-order valence-corrected chi connectivity index (χ2v) is 23.9. The average Bonchev–Trinajstić information content (AvgIpc) is 4.23. The Kier molecular flexibility index (Phi) is 15.1. The number of carbonyl (C=O) groups excluding carboxylic acids is 1. The second kappa shape index (κ2) is 21.9. The number of aromatic nitrogens is 4. The monoisotopic (exact) mass is 1050 g/mol. The molecule has 2 saturated heterocycles. The van der Waals surface area contributed by atoms with Gasteiger partial charge in [-0.3, -0.25) is 24.3 Å². The van der Waals surface area contributed by atoms with E-state index in [1.54, 1.807) is 31.5 Å². The van der Waals surface area contributed by atoms with Gasteiger partial charge in [0.25, 0.3) is 5.91 Å². The van der Waals surface area contributed by atoms with Crippen LogP contribution in [0.5, 0.6) is 17.2 Å². The zero-order chi connectivity index (χ0) is 52.7. The Balaban J connectivity index is 0.762. The fourth-order valence-electron chi connectivity index (χ4n) is 12.5. The van der Waals surface area contributed by atoms with Crippen LogP contribution in [0, 0.1) is 22.4 Å². The molecule has 6 aromatic rings. The molecule has 17 heteroatoms. The summed E-state index contributed by atoms with van der Waals surface area (Å²) in [6.07, 6.45) is 16.7. The Labute approximate surface area is 450 Å². The van der Waals surface area contributed by atoms with Gasteiger partial charge >= 0.3 is 0 Å². The molecule has 2 aromatic carbocycles. The van der Waals surface area contributed by atoms with Crippen molar-refractivity contribution >= 4 is 46.1 Å². The van der Waals surface area contributed by atoms with Gasteiger partial charge in [0.2, 0.25) is 0 Å². The Hall–Kier alpha value is -5.82. The first-order valence-corrected chi connectivity index (χ1v) is 28.3. The molecular weight excluding hydrogens is 980 g/mol. The molecular formula is C59H73FN10O5S. The number of methoxy groups -OCH3 is 1. The maximum absolute atomic E-state index is 14.8. The number of pyridine rings is 3. The van der Waals surface area contributed by atoms with Crippen LogP contribution in [0.15, 0.2) is 90.3 Å². The van der Waals surface area contributed by atoms with E-state index in [1.807, 2.05) is 19.1 Å². The number of rotatable bonds is 17. The number of piperazine rings is 1. The molecule has 3 saturated carbocycles. The molecule has 15 nitrogen and oxygen atoms in total. The molecule has 6 heterocycles. The molecule has 0 radical (unpaired) electrons. The van der Waals surface area contributed by atoms with Gasteiger partial charge in [-0.1, -0.05) is 38.1 Å². The minimum absolute atomic E-state index is 0.140. The highest BCUT2D eigenvalue weighted by Gasteiger charge is 2.50. The van der Waals surface area contributed by atoms with Gasteiger partial charge in [0.05, 0.1) is 47.5 Å². The third-order valence-corrected chi connectivity index (χ3v) is 17.9. The number of halogens is 1. The van der Waals surface area contributed by atoms with Crippen LogP contribution in [0.25, 0.3) is 11.0 Å². The van der Waals surface area contributed by atoms with Crippen molar-refractivity contribution in [3.8, 4) is 17.2 Å². The largest absolute Gasteiger partial charge is 0.629 e. The number of aromatic amines is 1. The molecule has 11 rings (SSSR count). The van der Waals surface area contributed by atoms with E-state index in [0.29, 0.717) is 74.8 Å². The predicted octanol–water partition coefficient (Wildman–Crippen LogP) is 10.0. The quantitative estimate of drug-likeness (QED) is 0.0432. The average molecular weight is 1050 g/mol. The van der Waals surface area contributed by atoms with E-state index in [-0.39, 0.29) is 16.5 Å². The number of nitrogens with one attached hydrogen (secondary N) is 4. The Morgan fingerprint density at radius 3 is 2.49 bits per heavy atom. The molecule has 76 heavy (non-hydrogen) atoms. The van der Waals surface area contributed by atoms with Gasteiger partial charge in [-0.15, -0.1) is 0 Å². The zero-order valence-electron chi connectivity index (χ0n) is 44.5.